The Morgan fingerprint density at radius 2 is 1.81 bits per heavy atom. The van der Waals surface area contributed by atoms with Gasteiger partial charge in [-0.15, -0.1) is 0 Å². The van der Waals surface area contributed by atoms with E-state index in [4.69, 9.17) is 0 Å². The van der Waals surface area contributed by atoms with Crippen LogP contribution in [0.2, 0.25) is 0 Å². The van der Waals surface area contributed by atoms with Crippen LogP contribution in [-0.4, -0.2) is 44.5 Å². The van der Waals surface area contributed by atoms with Crippen LogP contribution in [0.1, 0.15) is 38.5 Å². The van der Waals surface area contributed by atoms with E-state index in [2.05, 4.69) is 11.9 Å². The third kappa shape index (κ3) is 3.20. The van der Waals surface area contributed by atoms with Crippen LogP contribution in [0.5, 0.6) is 0 Å². The van der Waals surface area contributed by atoms with Crippen molar-refractivity contribution >= 4 is 9.84 Å². The van der Waals surface area contributed by atoms with Crippen molar-refractivity contribution in [3.05, 3.63) is 0 Å². The van der Waals surface area contributed by atoms with E-state index in [1.54, 1.807) is 0 Å². The van der Waals surface area contributed by atoms with E-state index in [0.717, 1.165) is 18.9 Å². The summed E-state index contributed by atoms with van der Waals surface area (Å²) in [6.45, 7) is 1.10. The van der Waals surface area contributed by atoms with Gasteiger partial charge in [0.1, 0.15) is 0 Å². The summed E-state index contributed by atoms with van der Waals surface area (Å²) in [5, 5.41) is 0. The van der Waals surface area contributed by atoms with Gasteiger partial charge in [-0.2, -0.15) is 0 Å². The van der Waals surface area contributed by atoms with Crippen LogP contribution in [-0.2, 0) is 9.84 Å². The van der Waals surface area contributed by atoms with Gasteiger partial charge in [0.2, 0.25) is 0 Å². The average molecular weight is 245 g/mol. The molecule has 4 heteroatoms. The Balaban J connectivity index is 1.81. The van der Waals surface area contributed by atoms with Crippen molar-refractivity contribution in [2.45, 2.75) is 44.6 Å². The molecule has 1 atom stereocenters. The van der Waals surface area contributed by atoms with E-state index < -0.39 is 9.84 Å². The summed E-state index contributed by atoms with van der Waals surface area (Å²) in [6.07, 6.45) is 7.63. The summed E-state index contributed by atoms with van der Waals surface area (Å²) in [5.74, 6) is 1.59. The van der Waals surface area contributed by atoms with Gasteiger partial charge in [-0.25, -0.2) is 8.42 Å². The van der Waals surface area contributed by atoms with E-state index in [1.807, 2.05) is 0 Å². The molecule has 2 fully saturated rings. The molecule has 0 aromatic carbocycles. The minimum Gasteiger partial charge on any atom is -0.302 e. The molecule has 0 N–H and O–H groups in total. The first-order chi connectivity index (χ1) is 7.57. The molecule has 1 saturated heterocycles. The maximum Gasteiger partial charge on any atom is 0.151 e. The lowest BCUT2D eigenvalue weighted by molar-refractivity contribution is 0.194. The highest BCUT2D eigenvalue weighted by atomic mass is 32.2. The van der Waals surface area contributed by atoms with Crippen LogP contribution in [0.3, 0.4) is 0 Å². The fraction of sp³-hybridized carbons (Fsp3) is 1.00. The molecule has 0 bridgehead atoms. The van der Waals surface area contributed by atoms with Crippen molar-refractivity contribution in [2.75, 3.05) is 25.1 Å². The van der Waals surface area contributed by atoms with Crippen LogP contribution in [0.4, 0.5) is 0 Å². The van der Waals surface area contributed by atoms with Gasteiger partial charge in [0.25, 0.3) is 0 Å². The third-order valence-corrected chi connectivity index (χ3v) is 5.85. The SMILES string of the molecule is CN(CC1CCCCC1)C1CCS(=O)(=O)C1. The molecular formula is C12H23NO2S. The first kappa shape index (κ1) is 12.4. The topological polar surface area (TPSA) is 37.4 Å². The van der Waals surface area contributed by atoms with Crippen LogP contribution in [0.25, 0.3) is 0 Å². The lowest BCUT2D eigenvalue weighted by Gasteiger charge is -2.30. The smallest absolute Gasteiger partial charge is 0.151 e. The highest BCUT2D eigenvalue weighted by Gasteiger charge is 2.31. The molecule has 94 valence electrons. The zero-order valence-corrected chi connectivity index (χ0v) is 11.0. The number of hydrogen-bond acceptors (Lipinski definition) is 3. The Labute approximate surface area is 99.1 Å². The second-order valence-corrected chi connectivity index (χ2v) is 7.73. The summed E-state index contributed by atoms with van der Waals surface area (Å²) in [6, 6.07) is 0.284. The van der Waals surface area contributed by atoms with Gasteiger partial charge in [0.05, 0.1) is 11.5 Å². The van der Waals surface area contributed by atoms with Crippen LogP contribution in [0, 0.1) is 5.92 Å². The predicted octanol–water partition coefficient (Wildman–Crippen LogP) is 1.69. The summed E-state index contributed by atoms with van der Waals surface area (Å²) in [7, 11) is -0.626. The van der Waals surface area contributed by atoms with Gasteiger partial charge in [-0.05, 0) is 32.2 Å². The first-order valence-electron chi connectivity index (χ1n) is 6.47. The number of nitrogens with zero attached hydrogens (tertiary/aromatic N) is 1. The van der Waals surface area contributed by atoms with Crippen molar-refractivity contribution in [3.8, 4) is 0 Å². The summed E-state index contributed by atoms with van der Waals surface area (Å²) in [4.78, 5) is 2.29. The fourth-order valence-electron chi connectivity index (χ4n) is 3.05. The molecule has 0 amide bonds. The minimum atomic E-state index is -2.72. The Bertz CT molecular complexity index is 320. The van der Waals surface area contributed by atoms with Crippen molar-refractivity contribution in [2.24, 2.45) is 5.92 Å². The molecule has 3 nitrogen and oxygen atoms in total. The minimum absolute atomic E-state index is 0.284. The van der Waals surface area contributed by atoms with E-state index in [0.29, 0.717) is 11.5 Å². The Morgan fingerprint density at radius 3 is 2.38 bits per heavy atom. The summed E-state index contributed by atoms with van der Waals surface area (Å²) in [5.41, 5.74) is 0. The molecule has 1 saturated carbocycles. The molecule has 2 rings (SSSR count). The highest BCUT2D eigenvalue weighted by molar-refractivity contribution is 7.91. The molecule has 1 aliphatic heterocycles. The molecule has 0 radical (unpaired) electrons. The van der Waals surface area contributed by atoms with E-state index in [9.17, 15) is 8.42 Å². The van der Waals surface area contributed by atoms with Gasteiger partial charge in [0.15, 0.2) is 9.84 Å². The zero-order valence-electron chi connectivity index (χ0n) is 10.2. The molecule has 0 spiro atoms. The number of hydrogen-bond donors (Lipinski definition) is 0. The van der Waals surface area contributed by atoms with Crippen molar-refractivity contribution in [1.29, 1.82) is 0 Å². The van der Waals surface area contributed by atoms with Gasteiger partial charge < -0.3 is 4.90 Å². The van der Waals surface area contributed by atoms with Gasteiger partial charge >= 0.3 is 0 Å². The zero-order chi connectivity index (χ0) is 11.6. The molecule has 0 aromatic rings. The largest absolute Gasteiger partial charge is 0.302 e. The van der Waals surface area contributed by atoms with Gasteiger partial charge in [-0.1, -0.05) is 19.3 Å². The van der Waals surface area contributed by atoms with Crippen molar-refractivity contribution in [3.63, 3.8) is 0 Å². The van der Waals surface area contributed by atoms with Gasteiger partial charge in [0, 0.05) is 12.6 Å². The Hall–Kier alpha value is -0.0900. The maximum atomic E-state index is 11.4. The lowest BCUT2D eigenvalue weighted by atomic mass is 9.89. The Kier molecular flexibility index (Phi) is 3.90. The van der Waals surface area contributed by atoms with Crippen molar-refractivity contribution in [1.82, 2.24) is 4.90 Å². The van der Waals surface area contributed by atoms with Crippen LogP contribution in [0.15, 0.2) is 0 Å². The molecule has 2 aliphatic rings. The number of sulfone groups is 1. The second kappa shape index (κ2) is 5.05. The molecule has 1 unspecified atom stereocenters. The second-order valence-electron chi connectivity index (χ2n) is 5.50. The highest BCUT2D eigenvalue weighted by Crippen LogP contribution is 2.26. The van der Waals surface area contributed by atoms with Crippen LogP contribution >= 0.6 is 0 Å². The van der Waals surface area contributed by atoms with E-state index >= 15 is 0 Å². The van der Waals surface area contributed by atoms with Crippen molar-refractivity contribution < 1.29 is 8.42 Å². The third-order valence-electron chi connectivity index (χ3n) is 4.10. The molecular weight excluding hydrogens is 222 g/mol. The van der Waals surface area contributed by atoms with E-state index in [1.165, 1.54) is 32.1 Å². The predicted molar refractivity (Wildman–Crippen MR) is 66.3 cm³/mol. The maximum absolute atomic E-state index is 11.4. The first-order valence-corrected chi connectivity index (χ1v) is 8.29. The normalized spacial score (nSPS) is 31.0. The number of rotatable bonds is 3. The molecule has 0 aromatic heterocycles. The summed E-state index contributed by atoms with van der Waals surface area (Å²) < 4.78 is 22.8. The molecule has 16 heavy (non-hydrogen) atoms. The average Bonchev–Trinajstić information content (AvgIpc) is 2.60. The van der Waals surface area contributed by atoms with Crippen LogP contribution < -0.4 is 0 Å². The molecule has 1 heterocycles. The van der Waals surface area contributed by atoms with E-state index in [-0.39, 0.29) is 6.04 Å². The molecule has 1 aliphatic carbocycles. The monoisotopic (exact) mass is 245 g/mol. The summed E-state index contributed by atoms with van der Waals surface area (Å²) >= 11 is 0. The van der Waals surface area contributed by atoms with Gasteiger partial charge in [-0.3, -0.25) is 0 Å². The Morgan fingerprint density at radius 1 is 1.12 bits per heavy atom. The quantitative estimate of drug-likeness (QED) is 0.759. The lowest BCUT2D eigenvalue weighted by Crippen LogP contribution is -2.36. The standard InChI is InChI=1S/C12H23NO2S/c1-13(9-11-5-3-2-4-6-11)12-7-8-16(14,15)10-12/h11-12H,2-10H2,1H3. The fourth-order valence-corrected chi connectivity index (χ4v) is 4.85.